The number of carbonyl (C=O) groups is 1. The lowest BCUT2D eigenvalue weighted by Gasteiger charge is -2.41. The molecule has 0 unspecified atom stereocenters. The third-order valence-electron chi connectivity index (χ3n) is 3.13. The quantitative estimate of drug-likeness (QED) is 0.573. The number of rotatable bonds is 3. The van der Waals surface area contributed by atoms with Gasteiger partial charge in [-0.25, -0.2) is 0 Å². The third-order valence-corrected chi connectivity index (χ3v) is 5.77. The van der Waals surface area contributed by atoms with Crippen LogP contribution in [0.1, 0.15) is 29.6 Å². The van der Waals surface area contributed by atoms with Gasteiger partial charge in [-0.2, -0.15) is 0 Å². The second-order valence-electron chi connectivity index (χ2n) is 4.35. The number of hydrogen-bond acceptors (Lipinski definition) is 1. The Morgan fingerprint density at radius 2 is 2.24 bits per heavy atom. The Balaban J connectivity index is 2.11. The van der Waals surface area contributed by atoms with Gasteiger partial charge in [0.25, 0.3) is 5.91 Å². The molecular weight excluding hydrogens is 416 g/mol. The zero-order valence-corrected chi connectivity index (χ0v) is 13.6. The van der Waals surface area contributed by atoms with Gasteiger partial charge >= 0.3 is 0 Å². The van der Waals surface area contributed by atoms with Crippen LogP contribution < -0.4 is 5.32 Å². The number of halogens is 3. The standard InChI is InChI=1S/C12H12BrClINO/c13-7-12(4-1-5-12)16-11(17)8-2-3-10(15)9(14)6-8/h2-3,6H,1,4-5,7H2,(H,16,17). The van der Waals surface area contributed by atoms with E-state index in [0.29, 0.717) is 10.6 Å². The number of benzene rings is 1. The molecule has 5 heteroatoms. The van der Waals surface area contributed by atoms with E-state index in [9.17, 15) is 4.79 Å². The van der Waals surface area contributed by atoms with Crippen molar-refractivity contribution in [2.45, 2.75) is 24.8 Å². The van der Waals surface area contributed by atoms with E-state index < -0.39 is 0 Å². The lowest BCUT2D eigenvalue weighted by molar-refractivity contribution is 0.0856. The van der Waals surface area contributed by atoms with Crippen molar-refractivity contribution in [2.75, 3.05) is 5.33 Å². The summed E-state index contributed by atoms with van der Waals surface area (Å²) < 4.78 is 0.958. The van der Waals surface area contributed by atoms with Crippen molar-refractivity contribution in [3.05, 3.63) is 32.4 Å². The number of hydrogen-bond donors (Lipinski definition) is 1. The van der Waals surface area contributed by atoms with Gasteiger partial charge in [-0.15, -0.1) is 0 Å². The summed E-state index contributed by atoms with van der Waals surface area (Å²) in [5, 5.41) is 4.53. The Labute approximate surface area is 128 Å². The molecule has 1 aliphatic rings. The molecule has 1 amide bonds. The molecule has 17 heavy (non-hydrogen) atoms. The molecule has 0 heterocycles. The second kappa shape index (κ2) is 5.45. The third kappa shape index (κ3) is 2.96. The van der Waals surface area contributed by atoms with E-state index in [-0.39, 0.29) is 11.4 Å². The van der Waals surface area contributed by atoms with Crippen molar-refractivity contribution in [1.82, 2.24) is 5.32 Å². The van der Waals surface area contributed by atoms with E-state index in [1.165, 1.54) is 6.42 Å². The van der Waals surface area contributed by atoms with Gasteiger partial charge in [-0.1, -0.05) is 27.5 Å². The van der Waals surface area contributed by atoms with Crippen LogP contribution in [0.15, 0.2) is 18.2 Å². The summed E-state index contributed by atoms with van der Waals surface area (Å²) in [4.78, 5) is 12.1. The highest BCUT2D eigenvalue weighted by molar-refractivity contribution is 14.1. The molecule has 1 aromatic carbocycles. The number of nitrogens with one attached hydrogen (secondary N) is 1. The van der Waals surface area contributed by atoms with Gasteiger partial charge < -0.3 is 5.32 Å². The highest BCUT2D eigenvalue weighted by atomic mass is 127. The monoisotopic (exact) mass is 427 g/mol. The molecule has 1 aromatic rings. The molecule has 0 radical (unpaired) electrons. The molecule has 1 fully saturated rings. The first kappa shape index (κ1) is 13.6. The topological polar surface area (TPSA) is 29.1 Å². The van der Waals surface area contributed by atoms with E-state index in [4.69, 9.17) is 11.6 Å². The molecule has 2 nitrogen and oxygen atoms in total. The average molecular weight is 428 g/mol. The lowest BCUT2D eigenvalue weighted by Crippen LogP contribution is -2.54. The van der Waals surface area contributed by atoms with Crippen LogP contribution in [0.25, 0.3) is 0 Å². The average Bonchev–Trinajstić information content (AvgIpc) is 2.27. The van der Waals surface area contributed by atoms with Crippen LogP contribution >= 0.6 is 50.1 Å². The Hall–Kier alpha value is 0.190. The normalized spacial score (nSPS) is 17.4. The fraction of sp³-hybridized carbons (Fsp3) is 0.417. The summed E-state index contributed by atoms with van der Waals surface area (Å²) in [6.45, 7) is 0. The molecule has 1 saturated carbocycles. The molecule has 2 rings (SSSR count). The fourth-order valence-corrected chi connectivity index (χ4v) is 3.06. The van der Waals surface area contributed by atoms with Crippen LogP contribution in [0.3, 0.4) is 0 Å². The molecule has 0 aliphatic heterocycles. The van der Waals surface area contributed by atoms with Crippen molar-refractivity contribution in [3.63, 3.8) is 0 Å². The van der Waals surface area contributed by atoms with Crippen LogP contribution in [0.5, 0.6) is 0 Å². The molecule has 0 saturated heterocycles. The molecule has 0 atom stereocenters. The second-order valence-corrected chi connectivity index (χ2v) is 6.48. The number of amides is 1. The predicted octanol–water partition coefficient (Wildman–Crippen LogP) is 3.99. The van der Waals surface area contributed by atoms with E-state index >= 15 is 0 Å². The minimum atomic E-state index is -0.0491. The van der Waals surface area contributed by atoms with Crippen molar-refractivity contribution in [1.29, 1.82) is 0 Å². The minimum absolute atomic E-state index is 0.0394. The van der Waals surface area contributed by atoms with Crippen LogP contribution in [0.2, 0.25) is 5.02 Å². The van der Waals surface area contributed by atoms with Crippen LogP contribution in [0, 0.1) is 3.57 Å². The maximum atomic E-state index is 12.1. The minimum Gasteiger partial charge on any atom is -0.346 e. The smallest absolute Gasteiger partial charge is 0.251 e. The number of carbonyl (C=O) groups excluding carboxylic acids is 1. The number of alkyl halides is 1. The predicted molar refractivity (Wildman–Crippen MR) is 82.0 cm³/mol. The fourth-order valence-electron chi connectivity index (χ4n) is 1.85. The maximum Gasteiger partial charge on any atom is 0.251 e. The SMILES string of the molecule is O=C(NC1(CBr)CCC1)c1ccc(I)c(Cl)c1. The van der Waals surface area contributed by atoms with Gasteiger partial charge in [0.1, 0.15) is 0 Å². The summed E-state index contributed by atoms with van der Waals surface area (Å²) in [5.41, 5.74) is 0.578. The van der Waals surface area contributed by atoms with E-state index in [0.717, 1.165) is 21.7 Å². The summed E-state index contributed by atoms with van der Waals surface area (Å²) >= 11 is 11.6. The van der Waals surface area contributed by atoms with Gasteiger partial charge in [-0.3, -0.25) is 4.79 Å². The van der Waals surface area contributed by atoms with Gasteiger partial charge in [0, 0.05) is 14.5 Å². The highest BCUT2D eigenvalue weighted by Crippen LogP contribution is 2.33. The lowest BCUT2D eigenvalue weighted by atomic mass is 9.78. The summed E-state index contributed by atoms with van der Waals surface area (Å²) in [6, 6.07) is 5.39. The molecule has 0 bridgehead atoms. The van der Waals surface area contributed by atoms with Crippen molar-refractivity contribution in [3.8, 4) is 0 Å². The zero-order chi connectivity index (χ0) is 12.5. The van der Waals surface area contributed by atoms with Gasteiger partial charge in [0.05, 0.1) is 10.6 Å². The zero-order valence-electron chi connectivity index (χ0n) is 9.10. The Bertz CT molecular complexity index is 443. The molecule has 1 N–H and O–H groups in total. The van der Waals surface area contributed by atoms with E-state index in [2.05, 4.69) is 43.8 Å². The Kier molecular flexibility index (Phi) is 4.36. The summed E-state index contributed by atoms with van der Waals surface area (Å²) in [6.07, 6.45) is 3.27. The molecular formula is C12H12BrClINO. The van der Waals surface area contributed by atoms with Crippen molar-refractivity contribution >= 4 is 56.0 Å². The highest BCUT2D eigenvalue weighted by Gasteiger charge is 2.37. The van der Waals surface area contributed by atoms with Crippen LogP contribution in [0.4, 0.5) is 0 Å². The molecule has 0 aromatic heterocycles. The Morgan fingerprint density at radius 3 is 2.71 bits per heavy atom. The van der Waals surface area contributed by atoms with Gasteiger partial charge in [0.15, 0.2) is 0 Å². The Morgan fingerprint density at radius 1 is 1.53 bits per heavy atom. The summed E-state index contributed by atoms with van der Waals surface area (Å²) in [5.74, 6) is -0.0394. The van der Waals surface area contributed by atoms with Crippen LogP contribution in [-0.2, 0) is 0 Å². The van der Waals surface area contributed by atoms with Crippen molar-refractivity contribution in [2.24, 2.45) is 0 Å². The van der Waals surface area contributed by atoms with E-state index in [1.807, 2.05) is 12.1 Å². The van der Waals surface area contributed by atoms with Crippen LogP contribution in [-0.4, -0.2) is 16.8 Å². The van der Waals surface area contributed by atoms with E-state index in [1.54, 1.807) is 6.07 Å². The molecule has 92 valence electrons. The van der Waals surface area contributed by atoms with Gasteiger partial charge in [0.2, 0.25) is 0 Å². The maximum absolute atomic E-state index is 12.1. The molecule has 0 spiro atoms. The first-order valence-corrected chi connectivity index (χ1v) is 7.98. The largest absolute Gasteiger partial charge is 0.346 e. The van der Waals surface area contributed by atoms with Crippen molar-refractivity contribution < 1.29 is 4.79 Å². The first-order valence-electron chi connectivity index (χ1n) is 5.40. The summed E-state index contributed by atoms with van der Waals surface area (Å²) in [7, 11) is 0. The molecule has 1 aliphatic carbocycles. The first-order chi connectivity index (χ1) is 8.06. The van der Waals surface area contributed by atoms with Gasteiger partial charge in [-0.05, 0) is 60.1 Å².